The van der Waals surface area contributed by atoms with Crippen LogP contribution in [0.5, 0.6) is 0 Å². The van der Waals surface area contributed by atoms with Crippen LogP contribution in [0.25, 0.3) is 22.1 Å². The van der Waals surface area contributed by atoms with Gasteiger partial charge in [-0.25, -0.2) is 19.9 Å². The van der Waals surface area contributed by atoms with Crippen LogP contribution in [0.3, 0.4) is 0 Å². The number of ketones is 2. The molecule has 10 nitrogen and oxygen atoms in total. The molecule has 2 aliphatic carbocycles. The summed E-state index contributed by atoms with van der Waals surface area (Å²) in [6.07, 6.45) is 16.6. The molecule has 0 unspecified atom stereocenters. The van der Waals surface area contributed by atoms with E-state index in [2.05, 4.69) is 81.7 Å². The molecule has 2 fully saturated rings. The van der Waals surface area contributed by atoms with Crippen molar-refractivity contribution in [3.05, 3.63) is 177 Å². The highest BCUT2D eigenvalue weighted by atomic mass is 28.3. The highest BCUT2D eigenvalue weighted by molar-refractivity contribution is 6.82. The second-order valence-corrected chi connectivity index (χ2v) is 25.5. The lowest BCUT2D eigenvalue weighted by molar-refractivity contribution is 0.102. The normalized spacial score (nSPS) is 14.0. The van der Waals surface area contributed by atoms with Crippen molar-refractivity contribution in [1.29, 1.82) is 0 Å². The number of carbonyl (C=O) groups is 2. The molecule has 13 heteroatoms. The maximum atomic E-state index is 15.4. The summed E-state index contributed by atoms with van der Waals surface area (Å²) in [5.41, 5.74) is 10.8. The second-order valence-electron chi connectivity index (χ2n) is 19.8. The molecule has 8 aromatic heterocycles. The van der Waals surface area contributed by atoms with E-state index < -0.39 is 25.9 Å². The van der Waals surface area contributed by atoms with Crippen LogP contribution in [0.15, 0.2) is 97.8 Å². The Morgan fingerprint density at radius 3 is 1.56 bits per heavy atom. The predicted molar refractivity (Wildman–Crippen MR) is 265 cm³/mol. The third-order valence-corrected chi connectivity index (χ3v) is 20.6. The van der Waals surface area contributed by atoms with Gasteiger partial charge >= 0.3 is 0 Å². The monoisotopic (exact) mass is 928 g/mol. The minimum atomic E-state index is -2.20. The van der Waals surface area contributed by atoms with E-state index in [1.807, 2.05) is 69.0 Å². The van der Waals surface area contributed by atoms with Crippen LogP contribution >= 0.6 is 0 Å². The van der Waals surface area contributed by atoms with Gasteiger partial charge in [-0.05, 0) is 127 Å². The summed E-state index contributed by atoms with van der Waals surface area (Å²) in [5.74, 6) is -1.05. The van der Waals surface area contributed by atoms with Gasteiger partial charge in [-0.1, -0.05) is 53.7 Å². The number of pyridine rings is 6. The minimum Gasteiger partial charge on any atom is -0.358 e. The third-order valence-electron chi connectivity index (χ3n) is 13.9. The van der Waals surface area contributed by atoms with Gasteiger partial charge in [0.1, 0.15) is 11.3 Å². The Morgan fingerprint density at radius 2 is 1.10 bits per heavy atom. The maximum Gasteiger partial charge on any atom is 0.224 e. The van der Waals surface area contributed by atoms with Gasteiger partial charge < -0.3 is 9.22 Å². The predicted octanol–water partition coefficient (Wildman–Crippen LogP) is 12.5. The van der Waals surface area contributed by atoms with Crippen LogP contribution in [-0.2, 0) is 12.8 Å². The van der Waals surface area contributed by atoms with Crippen molar-refractivity contribution in [3.63, 3.8) is 0 Å². The molecule has 0 spiro atoms. The lowest BCUT2D eigenvalue weighted by atomic mass is 10.0. The molecule has 0 radical (unpaired) electrons. The first-order valence-electron chi connectivity index (χ1n) is 23.8. The Hall–Kier alpha value is -6.60. The largest absolute Gasteiger partial charge is 0.358 e. The highest BCUT2D eigenvalue weighted by Gasteiger charge is 2.47. The van der Waals surface area contributed by atoms with Gasteiger partial charge in [-0.15, -0.1) is 0 Å². The van der Waals surface area contributed by atoms with Gasteiger partial charge in [0.2, 0.25) is 11.9 Å². The number of aromatic nitrogens is 8. The second kappa shape index (κ2) is 18.8. The zero-order valence-corrected chi connectivity index (χ0v) is 41.1. The average Bonchev–Trinajstić information content (AvgIpc) is 4.25. The molecule has 68 heavy (non-hydrogen) atoms. The van der Waals surface area contributed by atoms with Gasteiger partial charge in [0.15, 0.2) is 19.8 Å². The summed E-state index contributed by atoms with van der Waals surface area (Å²) < 4.78 is 32.4. The van der Waals surface area contributed by atoms with E-state index in [-0.39, 0.29) is 16.9 Å². The molecule has 2 aliphatic rings. The standard InChI is InChI=1S/C32H39FN4OSi.C23H19FN4O/c1-19(2)39(20(3)4,21(5)6)37-18-28(27-14-22(7)16-35-32(27)37)30(38)26-12-11-25(36-31(26)33)15-23-8-13-29(34-17-23)24-9-10-24;1-13-8-18-19(12-27-23(18)26-10-13)21(29)17-6-5-16(28-22(17)24)9-14-2-7-20(25-11-14)15-3-4-15/h8,11-14,16-21,24H,9-10,15H2,1-7H3;2,5-8,10-12,15H,3-4,9H2,1H3,(H,26,27). The minimum absolute atomic E-state index is 0.00702. The quantitative estimate of drug-likeness (QED) is 0.0648. The van der Waals surface area contributed by atoms with E-state index in [1.54, 1.807) is 30.6 Å². The third kappa shape index (κ3) is 9.20. The number of nitrogens with one attached hydrogen (secondary N) is 1. The molecule has 8 aromatic rings. The molecule has 0 aromatic carbocycles. The summed E-state index contributed by atoms with van der Waals surface area (Å²) in [5, 5.41) is 1.46. The average molecular weight is 929 g/mol. The van der Waals surface area contributed by atoms with Crippen LogP contribution in [0, 0.1) is 25.7 Å². The topological polar surface area (TPSA) is 132 Å². The number of aromatic amines is 1. The fraction of sp³-hybridized carbons (Fsp3) is 0.345. The first-order valence-corrected chi connectivity index (χ1v) is 26.0. The Labute approximate surface area is 397 Å². The van der Waals surface area contributed by atoms with Crippen molar-refractivity contribution in [1.82, 2.24) is 39.1 Å². The highest BCUT2D eigenvalue weighted by Crippen LogP contribution is 2.45. The molecular weight excluding hydrogens is 871 g/mol. The van der Waals surface area contributed by atoms with E-state index in [0.717, 1.165) is 44.7 Å². The smallest absolute Gasteiger partial charge is 0.224 e. The number of fused-ring (bicyclic) bond motifs is 2. The molecule has 2 saturated carbocycles. The molecule has 10 rings (SSSR count). The number of hydrogen-bond acceptors (Lipinski definition) is 8. The summed E-state index contributed by atoms with van der Waals surface area (Å²) in [6, 6.07) is 18.6. The Kier molecular flexibility index (Phi) is 12.9. The van der Waals surface area contributed by atoms with Crippen molar-refractivity contribution >= 4 is 41.9 Å². The summed E-state index contributed by atoms with van der Waals surface area (Å²) >= 11 is 0. The van der Waals surface area contributed by atoms with Crippen LogP contribution in [0.1, 0.15) is 156 Å². The fourth-order valence-electron chi connectivity index (χ4n) is 10.3. The molecule has 0 aliphatic heterocycles. The van der Waals surface area contributed by atoms with Crippen molar-refractivity contribution < 1.29 is 18.4 Å². The molecule has 348 valence electrons. The Balaban J connectivity index is 0.000000177. The van der Waals surface area contributed by atoms with Crippen LogP contribution in [0.4, 0.5) is 8.78 Å². The molecule has 0 amide bonds. The summed E-state index contributed by atoms with van der Waals surface area (Å²) in [7, 11) is -2.20. The van der Waals surface area contributed by atoms with Gasteiger partial charge in [0.25, 0.3) is 0 Å². The molecule has 0 atom stereocenters. The SMILES string of the molecule is Cc1cnc2[nH]cc(C(=O)c3ccc(Cc4ccc(C5CC5)nc4)nc3F)c2c1.Cc1cnc2c(c1)c(C(=O)c1ccc(Cc3ccc(C4CC4)nc3)nc1F)cn2[Si](C(C)C)(C(C)C)C(C)C. The Bertz CT molecular complexity index is 3150. The van der Waals surface area contributed by atoms with Crippen LogP contribution in [-0.4, -0.2) is 58.9 Å². The first-order chi connectivity index (χ1) is 32.6. The zero-order valence-electron chi connectivity index (χ0n) is 40.1. The van der Waals surface area contributed by atoms with Gasteiger partial charge in [0, 0.05) is 107 Å². The molecule has 1 N–H and O–H groups in total. The summed E-state index contributed by atoms with van der Waals surface area (Å²) in [6.45, 7) is 17.6. The molecule has 0 bridgehead atoms. The molecule has 8 heterocycles. The molecular formula is C55H58F2N8O2Si. The van der Waals surface area contributed by atoms with Crippen molar-refractivity contribution in [2.75, 3.05) is 0 Å². The van der Waals surface area contributed by atoms with Crippen LogP contribution in [0.2, 0.25) is 16.6 Å². The number of halogens is 2. The van der Waals surface area contributed by atoms with E-state index in [1.165, 1.54) is 31.7 Å². The van der Waals surface area contributed by atoms with E-state index in [4.69, 9.17) is 4.98 Å². The number of aryl methyl sites for hydroxylation is 2. The number of carbonyl (C=O) groups excluding carboxylic acids is 2. The first kappa shape index (κ1) is 46.5. The fourth-order valence-corrected chi connectivity index (χ4v) is 16.9. The Morgan fingerprint density at radius 1 is 0.618 bits per heavy atom. The zero-order chi connectivity index (χ0) is 48.0. The van der Waals surface area contributed by atoms with Crippen molar-refractivity contribution in [3.8, 4) is 0 Å². The number of rotatable bonds is 14. The maximum absolute atomic E-state index is 15.4. The van der Waals surface area contributed by atoms with Crippen LogP contribution < -0.4 is 0 Å². The van der Waals surface area contributed by atoms with Crippen molar-refractivity contribution in [2.24, 2.45) is 0 Å². The number of hydrogen-bond donors (Lipinski definition) is 1. The lowest BCUT2D eigenvalue weighted by Gasteiger charge is -2.44. The van der Waals surface area contributed by atoms with Gasteiger partial charge in [-0.3, -0.25) is 19.6 Å². The van der Waals surface area contributed by atoms with Gasteiger partial charge in [-0.2, -0.15) is 8.78 Å². The van der Waals surface area contributed by atoms with E-state index in [9.17, 15) is 14.0 Å². The number of nitrogens with zero attached hydrogens (tertiary/aromatic N) is 7. The van der Waals surface area contributed by atoms with E-state index in [0.29, 0.717) is 74.8 Å². The molecule has 0 saturated heterocycles. The van der Waals surface area contributed by atoms with Crippen molar-refractivity contribution in [2.45, 2.75) is 122 Å². The number of H-pyrrole nitrogens is 1. The summed E-state index contributed by atoms with van der Waals surface area (Å²) in [4.78, 5) is 56.1. The van der Waals surface area contributed by atoms with E-state index >= 15 is 4.39 Å². The van der Waals surface area contributed by atoms with Gasteiger partial charge in [0.05, 0.1) is 11.1 Å². The lowest BCUT2D eigenvalue weighted by Crippen LogP contribution is -2.51.